The molecule has 0 saturated heterocycles. The topological polar surface area (TPSA) is 85.6 Å². The molecule has 4 rings (SSSR count). The number of carbonyl (C=O) groups is 1. The second kappa shape index (κ2) is 7.24. The van der Waals surface area contributed by atoms with Gasteiger partial charge in [0.15, 0.2) is 5.82 Å². The van der Waals surface area contributed by atoms with Crippen LogP contribution in [0.1, 0.15) is 15.2 Å². The number of pyridine rings is 2. The summed E-state index contributed by atoms with van der Waals surface area (Å²) in [7, 11) is 0. The second-order valence-corrected chi connectivity index (χ2v) is 6.42. The van der Waals surface area contributed by atoms with Gasteiger partial charge in [0, 0.05) is 40.8 Å². The minimum Gasteiger partial charge on any atom is -0.349 e. The van der Waals surface area contributed by atoms with Crippen LogP contribution in [0, 0.1) is 0 Å². The zero-order valence-corrected chi connectivity index (χ0v) is 14.4. The molecule has 0 aliphatic carbocycles. The van der Waals surface area contributed by atoms with Crippen LogP contribution in [0.3, 0.4) is 0 Å². The van der Waals surface area contributed by atoms with E-state index in [1.807, 2.05) is 23.6 Å². The van der Waals surface area contributed by atoms with Crippen molar-refractivity contribution >= 4 is 23.2 Å². The number of hydrogen-bond acceptors (Lipinski definition) is 7. The predicted octanol–water partition coefficient (Wildman–Crippen LogP) is 3.10. The summed E-state index contributed by atoms with van der Waals surface area (Å²) in [5.41, 5.74) is 1.23. The Bertz CT molecular complexity index is 999. The Labute approximate surface area is 153 Å². The standard InChI is InChI=1S/C18H14N6OS/c25-17(13-5-8-19-9-6-13)24-18(21-12-15-4-2-10-26-15)22-16(23-24)14-3-1-7-20-11-14/h1-11H,12H2,(H,21,22,23). The first kappa shape index (κ1) is 16.1. The summed E-state index contributed by atoms with van der Waals surface area (Å²) in [6.45, 7) is 0.562. The van der Waals surface area contributed by atoms with Crippen molar-refractivity contribution in [2.24, 2.45) is 0 Å². The second-order valence-electron chi connectivity index (χ2n) is 5.39. The molecule has 7 nitrogen and oxygen atoms in total. The summed E-state index contributed by atoms with van der Waals surface area (Å²) in [5, 5.41) is 9.60. The quantitative estimate of drug-likeness (QED) is 0.587. The van der Waals surface area contributed by atoms with Gasteiger partial charge in [-0.05, 0) is 35.7 Å². The maximum absolute atomic E-state index is 12.9. The highest BCUT2D eigenvalue weighted by Crippen LogP contribution is 2.19. The van der Waals surface area contributed by atoms with Crippen molar-refractivity contribution in [2.75, 3.05) is 5.32 Å². The normalized spacial score (nSPS) is 10.6. The molecule has 0 aliphatic rings. The van der Waals surface area contributed by atoms with Crippen molar-refractivity contribution in [2.45, 2.75) is 6.54 Å². The van der Waals surface area contributed by atoms with E-state index >= 15 is 0 Å². The van der Waals surface area contributed by atoms with Crippen molar-refractivity contribution in [1.82, 2.24) is 24.7 Å². The highest BCUT2D eigenvalue weighted by Gasteiger charge is 2.18. The number of rotatable bonds is 5. The van der Waals surface area contributed by atoms with E-state index in [1.54, 1.807) is 54.3 Å². The highest BCUT2D eigenvalue weighted by atomic mass is 32.1. The Morgan fingerprint density at radius 1 is 1.08 bits per heavy atom. The van der Waals surface area contributed by atoms with E-state index < -0.39 is 0 Å². The summed E-state index contributed by atoms with van der Waals surface area (Å²) in [4.78, 5) is 26.5. The lowest BCUT2D eigenvalue weighted by molar-refractivity contribution is 0.0947. The van der Waals surface area contributed by atoms with Crippen molar-refractivity contribution in [3.05, 3.63) is 77.0 Å². The van der Waals surface area contributed by atoms with Gasteiger partial charge < -0.3 is 5.32 Å². The average molecular weight is 362 g/mol. The number of anilines is 1. The minimum absolute atomic E-state index is 0.274. The lowest BCUT2D eigenvalue weighted by atomic mass is 10.2. The maximum Gasteiger partial charge on any atom is 0.281 e. The molecule has 0 bridgehead atoms. The Morgan fingerprint density at radius 3 is 2.69 bits per heavy atom. The Balaban J connectivity index is 1.70. The zero-order valence-electron chi connectivity index (χ0n) is 13.6. The Kier molecular flexibility index (Phi) is 4.48. The first-order chi connectivity index (χ1) is 12.8. The molecule has 1 N–H and O–H groups in total. The molecule has 128 valence electrons. The van der Waals surface area contributed by atoms with Crippen molar-refractivity contribution < 1.29 is 4.79 Å². The van der Waals surface area contributed by atoms with Gasteiger partial charge in [0.05, 0.1) is 6.54 Å². The smallest absolute Gasteiger partial charge is 0.281 e. The number of carbonyl (C=O) groups excluding carboxylic acids is 1. The van der Waals surface area contributed by atoms with Gasteiger partial charge in [-0.2, -0.15) is 9.67 Å². The van der Waals surface area contributed by atoms with Crippen LogP contribution in [-0.4, -0.2) is 30.6 Å². The number of thiophene rings is 1. The van der Waals surface area contributed by atoms with Gasteiger partial charge in [-0.3, -0.25) is 14.8 Å². The molecule has 0 radical (unpaired) electrons. The molecule has 4 heterocycles. The fraction of sp³-hybridized carbons (Fsp3) is 0.0556. The molecule has 0 atom stereocenters. The fourth-order valence-corrected chi connectivity index (χ4v) is 3.03. The molecule has 0 amide bonds. The van der Waals surface area contributed by atoms with Gasteiger partial charge in [-0.25, -0.2) is 0 Å². The van der Waals surface area contributed by atoms with E-state index in [1.165, 1.54) is 4.68 Å². The third-order valence-electron chi connectivity index (χ3n) is 3.65. The molecule has 0 fully saturated rings. The van der Waals surface area contributed by atoms with Crippen molar-refractivity contribution in [3.8, 4) is 11.4 Å². The molecule has 4 aromatic heterocycles. The summed E-state index contributed by atoms with van der Waals surface area (Å²) in [6, 6.07) is 11.0. The van der Waals surface area contributed by atoms with E-state index in [2.05, 4.69) is 25.4 Å². The van der Waals surface area contributed by atoms with E-state index in [4.69, 9.17) is 0 Å². The minimum atomic E-state index is -0.274. The summed E-state index contributed by atoms with van der Waals surface area (Å²) < 4.78 is 1.28. The first-order valence-corrected chi connectivity index (χ1v) is 8.77. The average Bonchev–Trinajstić information content (AvgIpc) is 3.37. The summed E-state index contributed by atoms with van der Waals surface area (Å²) in [5.74, 6) is 0.553. The highest BCUT2D eigenvalue weighted by molar-refractivity contribution is 7.09. The Hall–Kier alpha value is -3.39. The number of nitrogens with zero attached hydrogens (tertiary/aromatic N) is 5. The number of nitrogens with one attached hydrogen (secondary N) is 1. The molecule has 26 heavy (non-hydrogen) atoms. The van der Waals surface area contributed by atoms with Gasteiger partial charge in [-0.1, -0.05) is 6.07 Å². The monoisotopic (exact) mass is 362 g/mol. The van der Waals surface area contributed by atoms with Gasteiger partial charge in [0.1, 0.15) is 0 Å². The Morgan fingerprint density at radius 2 is 1.96 bits per heavy atom. The third kappa shape index (κ3) is 3.35. The summed E-state index contributed by atoms with van der Waals surface area (Å²) in [6.07, 6.45) is 6.49. The fourth-order valence-electron chi connectivity index (χ4n) is 2.38. The van der Waals surface area contributed by atoms with Crippen LogP contribution < -0.4 is 5.32 Å². The van der Waals surface area contributed by atoms with Gasteiger partial charge in [0.2, 0.25) is 5.95 Å². The predicted molar refractivity (Wildman–Crippen MR) is 98.9 cm³/mol. The van der Waals surface area contributed by atoms with Crippen LogP contribution in [0.4, 0.5) is 5.95 Å². The lowest BCUT2D eigenvalue weighted by Gasteiger charge is -2.06. The van der Waals surface area contributed by atoms with E-state index in [0.717, 1.165) is 10.4 Å². The molecule has 0 spiro atoms. The largest absolute Gasteiger partial charge is 0.349 e. The summed E-state index contributed by atoms with van der Waals surface area (Å²) >= 11 is 1.63. The maximum atomic E-state index is 12.9. The van der Waals surface area contributed by atoms with E-state index in [-0.39, 0.29) is 5.91 Å². The van der Waals surface area contributed by atoms with Crippen LogP contribution in [-0.2, 0) is 6.54 Å². The van der Waals surface area contributed by atoms with Crippen molar-refractivity contribution in [1.29, 1.82) is 0 Å². The van der Waals surface area contributed by atoms with Crippen LogP contribution >= 0.6 is 11.3 Å². The number of hydrogen-bond donors (Lipinski definition) is 1. The first-order valence-electron chi connectivity index (χ1n) is 7.90. The molecule has 8 heteroatoms. The van der Waals surface area contributed by atoms with Gasteiger partial charge in [0.25, 0.3) is 5.91 Å². The van der Waals surface area contributed by atoms with Gasteiger partial charge in [-0.15, -0.1) is 16.4 Å². The molecule has 4 aromatic rings. The van der Waals surface area contributed by atoms with Crippen LogP contribution in [0.2, 0.25) is 0 Å². The van der Waals surface area contributed by atoms with Crippen LogP contribution in [0.15, 0.2) is 66.6 Å². The lowest BCUT2D eigenvalue weighted by Crippen LogP contribution is -2.17. The molecule has 0 aromatic carbocycles. The van der Waals surface area contributed by atoms with Crippen LogP contribution in [0.25, 0.3) is 11.4 Å². The SMILES string of the molecule is O=C(c1ccncc1)n1nc(-c2cccnc2)nc1NCc1cccs1. The molecule has 0 unspecified atom stereocenters. The number of aromatic nitrogens is 5. The zero-order chi connectivity index (χ0) is 17.8. The van der Waals surface area contributed by atoms with Crippen LogP contribution in [0.5, 0.6) is 0 Å². The molecule has 0 aliphatic heterocycles. The van der Waals surface area contributed by atoms with E-state index in [9.17, 15) is 4.79 Å². The molecular weight excluding hydrogens is 348 g/mol. The van der Waals surface area contributed by atoms with Gasteiger partial charge >= 0.3 is 0 Å². The van der Waals surface area contributed by atoms with Crippen molar-refractivity contribution in [3.63, 3.8) is 0 Å². The molecular formula is C18H14N6OS. The third-order valence-corrected chi connectivity index (χ3v) is 4.52. The van der Waals surface area contributed by atoms with E-state index in [0.29, 0.717) is 23.9 Å². The molecule has 0 saturated carbocycles.